The minimum absolute atomic E-state index is 0.877. The van der Waals surface area contributed by atoms with Crippen LogP contribution in [0.1, 0.15) is 31.7 Å². The summed E-state index contributed by atoms with van der Waals surface area (Å²) in [4.78, 5) is 0. The highest BCUT2D eigenvalue weighted by Gasteiger charge is 2.00. The average Bonchev–Trinajstić information content (AvgIpc) is 2.19. The molecule has 0 fully saturated rings. The van der Waals surface area contributed by atoms with Crippen molar-refractivity contribution >= 4 is 26.1 Å². The molecule has 71 valence electrons. The monoisotopic (exact) mass is 183 g/mol. The number of aryl methyl sites for hydroxylation is 1. The summed E-state index contributed by atoms with van der Waals surface area (Å²) in [5.41, 5.74) is 3.60. The summed E-state index contributed by atoms with van der Waals surface area (Å²) in [5, 5.41) is 0. The van der Waals surface area contributed by atoms with Crippen LogP contribution in [0.3, 0.4) is 0 Å². The van der Waals surface area contributed by atoms with Crippen molar-refractivity contribution in [3.63, 3.8) is 0 Å². The van der Waals surface area contributed by atoms with Crippen LogP contribution in [0.5, 0.6) is 0 Å². The topological polar surface area (TPSA) is 0 Å². The Hall–Kier alpha value is -0.650. The zero-order chi connectivity index (χ0) is 10.4. The Labute approximate surface area is 89.8 Å². The zero-order valence-electron chi connectivity index (χ0n) is 9.22. The molecule has 0 nitrogen and oxygen atoms in total. The summed E-state index contributed by atoms with van der Waals surface area (Å²) in [5.74, 6) is 0. The summed E-state index contributed by atoms with van der Waals surface area (Å²) in [6.07, 6.45) is 4.99. The lowest BCUT2D eigenvalue weighted by atomic mass is 9.69. The van der Waals surface area contributed by atoms with Crippen LogP contribution in [0, 0.1) is 0 Å². The van der Waals surface area contributed by atoms with Crippen LogP contribution in [0.25, 0.3) is 0 Å². The normalized spacial score (nSPS) is 10.1. The molecule has 0 spiro atoms. The van der Waals surface area contributed by atoms with Gasteiger partial charge >= 0.3 is 0 Å². The van der Waals surface area contributed by atoms with Crippen molar-refractivity contribution in [1.82, 2.24) is 0 Å². The van der Waals surface area contributed by atoms with Gasteiger partial charge in [-0.3, -0.25) is 0 Å². The first-order valence-electron chi connectivity index (χ1n) is 5.45. The van der Waals surface area contributed by atoms with Gasteiger partial charge in [0.2, 0.25) is 0 Å². The van der Waals surface area contributed by atoms with E-state index in [0.29, 0.717) is 0 Å². The van der Waals surface area contributed by atoms with Crippen molar-refractivity contribution in [1.29, 1.82) is 0 Å². The summed E-state index contributed by atoms with van der Waals surface area (Å²) < 4.78 is 0. The van der Waals surface area contributed by atoms with Gasteiger partial charge in [-0.05, 0) is 12.8 Å². The van der Waals surface area contributed by atoms with Gasteiger partial charge in [-0.2, -0.15) is 0 Å². The third-order valence-corrected chi connectivity index (χ3v) is 2.53. The van der Waals surface area contributed by atoms with Gasteiger partial charge in [0.25, 0.3) is 0 Å². The smallest absolute Gasteiger partial charge is 0.0964 e. The molecule has 1 aromatic carbocycles. The second-order valence-electron chi connectivity index (χ2n) is 3.70. The minimum Gasteiger partial charge on any atom is -0.0964 e. The minimum atomic E-state index is 0.877. The van der Waals surface area contributed by atoms with Gasteiger partial charge in [0.15, 0.2) is 0 Å². The molecule has 0 aliphatic heterocycles. The van der Waals surface area contributed by atoms with Crippen molar-refractivity contribution in [2.75, 3.05) is 0 Å². The van der Waals surface area contributed by atoms with Crippen molar-refractivity contribution in [2.45, 2.75) is 39.4 Å². The molecule has 0 aliphatic rings. The third kappa shape index (κ3) is 3.25. The Balaban J connectivity index is 2.67. The molecule has 0 unspecified atom stereocenters. The van der Waals surface area contributed by atoms with E-state index in [4.69, 9.17) is 7.85 Å². The first-order chi connectivity index (χ1) is 6.77. The molecule has 0 atom stereocenters. The highest BCUT2D eigenvalue weighted by atomic mass is 14.0. The van der Waals surface area contributed by atoms with Crippen LogP contribution in [0.15, 0.2) is 18.2 Å². The summed E-state index contributed by atoms with van der Waals surface area (Å²) >= 11 is 0. The molecule has 0 N–H and O–H groups in total. The van der Waals surface area contributed by atoms with Crippen LogP contribution in [-0.2, 0) is 6.42 Å². The van der Waals surface area contributed by atoms with Crippen LogP contribution >= 0.6 is 0 Å². The lowest BCUT2D eigenvalue weighted by molar-refractivity contribution is 0.719. The summed E-state index contributed by atoms with van der Waals surface area (Å²) in [6, 6.07) is 6.18. The molecule has 1 aromatic rings. The van der Waals surface area contributed by atoms with Gasteiger partial charge in [-0.1, -0.05) is 61.3 Å². The van der Waals surface area contributed by atoms with E-state index in [0.717, 1.165) is 11.9 Å². The van der Waals surface area contributed by atoms with Gasteiger partial charge in [-0.15, -0.1) is 0 Å². The van der Waals surface area contributed by atoms with Crippen molar-refractivity contribution in [2.24, 2.45) is 0 Å². The molecular weight excluding hydrogens is 166 g/mol. The van der Waals surface area contributed by atoms with E-state index in [1.54, 1.807) is 0 Å². The Morgan fingerprint density at radius 3 is 2.71 bits per heavy atom. The lowest BCUT2D eigenvalue weighted by Gasteiger charge is -2.08. The Bertz CT molecular complexity index is 282. The van der Waals surface area contributed by atoms with Crippen molar-refractivity contribution < 1.29 is 0 Å². The van der Waals surface area contributed by atoms with E-state index in [1.165, 1.54) is 30.3 Å². The molecule has 0 amide bonds. The maximum atomic E-state index is 5.77. The SMILES string of the molecule is [B]c1ccc([B]C)c(CCCCC)c1. The molecule has 0 aromatic heterocycles. The fourth-order valence-electron chi connectivity index (χ4n) is 1.69. The molecule has 14 heavy (non-hydrogen) atoms. The Kier molecular flexibility index (Phi) is 4.86. The molecular formula is C12H17B2. The van der Waals surface area contributed by atoms with Gasteiger partial charge in [-0.25, -0.2) is 0 Å². The van der Waals surface area contributed by atoms with Crippen LogP contribution in [-0.4, -0.2) is 15.1 Å². The average molecular weight is 183 g/mol. The van der Waals surface area contributed by atoms with E-state index < -0.39 is 0 Å². The van der Waals surface area contributed by atoms with E-state index in [2.05, 4.69) is 33.2 Å². The summed E-state index contributed by atoms with van der Waals surface area (Å²) in [7, 11) is 7.93. The molecule has 0 heterocycles. The van der Waals surface area contributed by atoms with E-state index >= 15 is 0 Å². The first-order valence-corrected chi connectivity index (χ1v) is 5.45. The molecule has 0 saturated carbocycles. The van der Waals surface area contributed by atoms with Crippen LogP contribution < -0.4 is 10.9 Å². The molecule has 0 aliphatic carbocycles. The predicted octanol–water partition coefficient (Wildman–Crippen LogP) is 1.59. The molecule has 0 bridgehead atoms. The number of benzene rings is 1. The van der Waals surface area contributed by atoms with Crippen LogP contribution in [0.4, 0.5) is 0 Å². The van der Waals surface area contributed by atoms with E-state index in [1.807, 2.05) is 6.07 Å². The number of unbranched alkanes of at least 4 members (excludes halogenated alkanes) is 2. The molecule has 3 radical (unpaired) electrons. The Morgan fingerprint density at radius 2 is 2.07 bits per heavy atom. The molecule has 0 saturated heterocycles. The van der Waals surface area contributed by atoms with Crippen molar-refractivity contribution in [3.8, 4) is 0 Å². The fraction of sp³-hybridized carbons (Fsp3) is 0.500. The third-order valence-electron chi connectivity index (χ3n) is 2.53. The van der Waals surface area contributed by atoms with Gasteiger partial charge < -0.3 is 0 Å². The van der Waals surface area contributed by atoms with Gasteiger partial charge in [0.05, 0.1) is 0 Å². The maximum Gasteiger partial charge on any atom is 0.148 e. The van der Waals surface area contributed by atoms with Crippen molar-refractivity contribution in [3.05, 3.63) is 23.8 Å². The van der Waals surface area contributed by atoms with Crippen LogP contribution in [0.2, 0.25) is 6.82 Å². The molecule has 2 heteroatoms. The van der Waals surface area contributed by atoms with E-state index in [9.17, 15) is 0 Å². The number of hydrogen-bond acceptors (Lipinski definition) is 0. The molecule has 1 rings (SSSR count). The first kappa shape index (κ1) is 11.4. The summed E-state index contributed by atoms with van der Waals surface area (Å²) in [6.45, 7) is 4.31. The zero-order valence-corrected chi connectivity index (χ0v) is 9.22. The highest BCUT2D eigenvalue weighted by Crippen LogP contribution is 2.03. The highest BCUT2D eigenvalue weighted by molar-refractivity contribution is 6.52. The second kappa shape index (κ2) is 5.95. The van der Waals surface area contributed by atoms with E-state index in [-0.39, 0.29) is 0 Å². The number of hydrogen-bond donors (Lipinski definition) is 0. The quantitative estimate of drug-likeness (QED) is 0.480. The predicted molar refractivity (Wildman–Crippen MR) is 66.3 cm³/mol. The van der Waals surface area contributed by atoms with Gasteiger partial charge in [0, 0.05) is 0 Å². The second-order valence-corrected chi connectivity index (χ2v) is 3.70. The number of rotatable bonds is 5. The lowest BCUT2D eigenvalue weighted by Crippen LogP contribution is -2.20. The largest absolute Gasteiger partial charge is 0.148 e. The van der Waals surface area contributed by atoms with Gasteiger partial charge in [0.1, 0.15) is 15.1 Å². The fourth-order valence-corrected chi connectivity index (χ4v) is 1.69. The maximum absolute atomic E-state index is 5.77. The standard InChI is InChI=1S/C12H17B2/c1-3-4-5-6-10-9-11(13)7-8-12(10)14-2/h7-9H,3-6H2,1-2H3. The Morgan fingerprint density at radius 1 is 1.29 bits per heavy atom.